The first-order valence-electron chi connectivity index (χ1n) is 3.55. The Balaban J connectivity index is 2.57. The third kappa shape index (κ3) is 1.78. The molecule has 0 aromatic carbocycles. The van der Waals surface area contributed by atoms with Crippen LogP contribution in [-0.2, 0) is 0 Å². The van der Waals surface area contributed by atoms with E-state index < -0.39 is 5.95 Å². The molecule has 0 aliphatic rings. The molecule has 72 valence electrons. The monoisotopic (exact) mass is 368 g/mol. The predicted molar refractivity (Wildman–Crippen MR) is 59.5 cm³/mol. The van der Waals surface area contributed by atoms with Gasteiger partial charge in [-0.15, -0.1) is 0 Å². The summed E-state index contributed by atoms with van der Waals surface area (Å²) in [5, 5.41) is 4.01. The second kappa shape index (κ2) is 3.89. The van der Waals surface area contributed by atoms with Crippen LogP contribution in [0.4, 0.5) is 4.39 Å². The van der Waals surface area contributed by atoms with Gasteiger partial charge in [0.15, 0.2) is 5.82 Å². The number of hydrogen-bond donors (Lipinski definition) is 0. The van der Waals surface area contributed by atoms with Crippen molar-refractivity contribution < 1.29 is 4.39 Å². The lowest BCUT2D eigenvalue weighted by Gasteiger charge is -2.01. The van der Waals surface area contributed by atoms with Gasteiger partial charge >= 0.3 is 0 Å². The van der Waals surface area contributed by atoms with Crippen molar-refractivity contribution in [1.82, 2.24) is 19.7 Å². The second-order valence-corrected chi connectivity index (χ2v) is 4.44. The molecular weight excluding hydrogens is 366 g/mol. The third-order valence-corrected chi connectivity index (χ3v) is 2.74. The first kappa shape index (κ1) is 9.97. The van der Waals surface area contributed by atoms with Crippen LogP contribution in [0.25, 0.3) is 5.82 Å². The Morgan fingerprint density at radius 3 is 2.86 bits per heavy atom. The van der Waals surface area contributed by atoms with Gasteiger partial charge < -0.3 is 0 Å². The Morgan fingerprint density at radius 2 is 2.21 bits per heavy atom. The van der Waals surface area contributed by atoms with Gasteiger partial charge in [-0.1, -0.05) is 0 Å². The highest BCUT2D eigenvalue weighted by atomic mass is 127. The molecule has 0 N–H and O–H groups in total. The smallest absolute Gasteiger partial charge is 0.220 e. The summed E-state index contributed by atoms with van der Waals surface area (Å²) in [6.45, 7) is 0. The zero-order chi connectivity index (χ0) is 10.1. The summed E-state index contributed by atoms with van der Waals surface area (Å²) in [5.41, 5.74) is 0. The molecule has 7 heteroatoms. The summed E-state index contributed by atoms with van der Waals surface area (Å²) in [6.07, 6.45) is 4.56. The first-order valence-corrected chi connectivity index (χ1v) is 5.42. The Labute approximate surface area is 101 Å². The van der Waals surface area contributed by atoms with Crippen molar-refractivity contribution in [2.45, 2.75) is 0 Å². The van der Waals surface area contributed by atoms with Gasteiger partial charge in [0.25, 0.3) is 0 Å². The van der Waals surface area contributed by atoms with Crippen molar-refractivity contribution in [2.24, 2.45) is 0 Å². The standard InChI is InChI=1S/C7H3BrFIN4/c8-5-6(9)11-3-12-7(5)14-2-4(10)1-13-14/h1-3H. The molecule has 2 aromatic rings. The number of halogens is 3. The number of nitrogens with zero attached hydrogens (tertiary/aromatic N) is 4. The lowest BCUT2D eigenvalue weighted by molar-refractivity contribution is 0.568. The molecule has 0 atom stereocenters. The molecule has 0 saturated heterocycles. The molecule has 0 bridgehead atoms. The fourth-order valence-corrected chi connectivity index (χ4v) is 1.69. The van der Waals surface area contributed by atoms with Crippen LogP contribution < -0.4 is 0 Å². The molecule has 0 radical (unpaired) electrons. The van der Waals surface area contributed by atoms with Crippen LogP contribution in [0.2, 0.25) is 0 Å². The topological polar surface area (TPSA) is 43.6 Å². The van der Waals surface area contributed by atoms with Crippen molar-refractivity contribution in [2.75, 3.05) is 0 Å². The van der Waals surface area contributed by atoms with Crippen LogP contribution in [0.5, 0.6) is 0 Å². The summed E-state index contributed by atoms with van der Waals surface area (Å²) in [7, 11) is 0. The average Bonchev–Trinajstić information content (AvgIpc) is 2.57. The maximum Gasteiger partial charge on any atom is 0.232 e. The molecule has 0 spiro atoms. The van der Waals surface area contributed by atoms with Crippen LogP contribution in [0.15, 0.2) is 23.2 Å². The molecule has 0 unspecified atom stereocenters. The lowest BCUT2D eigenvalue weighted by Crippen LogP contribution is -2.01. The van der Waals surface area contributed by atoms with E-state index in [1.54, 1.807) is 12.4 Å². The highest BCUT2D eigenvalue weighted by Gasteiger charge is 2.10. The zero-order valence-corrected chi connectivity index (χ0v) is 10.4. The van der Waals surface area contributed by atoms with E-state index >= 15 is 0 Å². The van der Waals surface area contributed by atoms with Gasteiger partial charge in [-0.2, -0.15) is 9.49 Å². The minimum absolute atomic E-state index is 0.208. The second-order valence-electron chi connectivity index (χ2n) is 2.41. The number of aromatic nitrogens is 4. The first-order chi connectivity index (χ1) is 6.68. The van der Waals surface area contributed by atoms with Gasteiger partial charge in [0.1, 0.15) is 10.8 Å². The Morgan fingerprint density at radius 1 is 1.43 bits per heavy atom. The quantitative estimate of drug-likeness (QED) is 0.572. The minimum Gasteiger partial charge on any atom is -0.220 e. The molecule has 2 rings (SSSR count). The molecule has 0 fully saturated rings. The van der Waals surface area contributed by atoms with Gasteiger partial charge in [-0.05, 0) is 38.5 Å². The average molecular weight is 369 g/mol. The molecule has 0 aliphatic carbocycles. The van der Waals surface area contributed by atoms with Crippen LogP contribution >= 0.6 is 38.5 Å². The zero-order valence-electron chi connectivity index (χ0n) is 6.65. The van der Waals surface area contributed by atoms with E-state index in [0.29, 0.717) is 5.82 Å². The third-order valence-electron chi connectivity index (χ3n) is 1.50. The molecule has 0 amide bonds. The Kier molecular flexibility index (Phi) is 2.77. The maximum absolute atomic E-state index is 13.0. The predicted octanol–water partition coefficient (Wildman–Crippen LogP) is 2.17. The van der Waals surface area contributed by atoms with E-state index in [4.69, 9.17) is 0 Å². The molecule has 14 heavy (non-hydrogen) atoms. The van der Waals surface area contributed by atoms with Crippen molar-refractivity contribution in [3.63, 3.8) is 0 Å². The van der Waals surface area contributed by atoms with Gasteiger partial charge in [0.05, 0.1) is 9.77 Å². The fourth-order valence-electron chi connectivity index (χ4n) is 0.916. The molecule has 0 saturated carbocycles. The molecule has 2 aromatic heterocycles. The number of hydrogen-bond acceptors (Lipinski definition) is 3. The summed E-state index contributed by atoms with van der Waals surface area (Å²) in [5.74, 6) is -0.207. The van der Waals surface area contributed by atoms with E-state index in [1.165, 1.54) is 4.68 Å². The summed E-state index contributed by atoms with van der Waals surface area (Å²) < 4.78 is 15.7. The van der Waals surface area contributed by atoms with Crippen LogP contribution in [-0.4, -0.2) is 19.7 Å². The van der Waals surface area contributed by atoms with Gasteiger partial charge in [0, 0.05) is 6.20 Å². The van der Waals surface area contributed by atoms with Crippen molar-refractivity contribution in [1.29, 1.82) is 0 Å². The normalized spacial score (nSPS) is 10.5. The Hall–Kier alpha value is -0.570. The van der Waals surface area contributed by atoms with E-state index in [0.717, 1.165) is 9.90 Å². The highest BCUT2D eigenvalue weighted by molar-refractivity contribution is 14.1. The van der Waals surface area contributed by atoms with Crippen molar-refractivity contribution >= 4 is 38.5 Å². The van der Waals surface area contributed by atoms with Crippen molar-refractivity contribution in [3.8, 4) is 5.82 Å². The van der Waals surface area contributed by atoms with Gasteiger partial charge in [-0.3, -0.25) is 0 Å². The fraction of sp³-hybridized carbons (Fsp3) is 0. The molecular formula is C7H3BrFIN4. The van der Waals surface area contributed by atoms with Crippen LogP contribution in [0, 0.1) is 9.52 Å². The van der Waals surface area contributed by atoms with Crippen LogP contribution in [0.1, 0.15) is 0 Å². The summed E-state index contributed by atoms with van der Waals surface area (Å²) in [6, 6.07) is 0. The maximum atomic E-state index is 13.0. The molecule has 4 nitrogen and oxygen atoms in total. The van der Waals surface area contributed by atoms with Gasteiger partial charge in [-0.25, -0.2) is 14.6 Å². The van der Waals surface area contributed by atoms with E-state index in [-0.39, 0.29) is 4.47 Å². The summed E-state index contributed by atoms with van der Waals surface area (Å²) in [4.78, 5) is 7.33. The SMILES string of the molecule is Fc1ncnc(-n2cc(I)cn2)c1Br. The summed E-state index contributed by atoms with van der Waals surface area (Å²) >= 11 is 5.17. The van der Waals surface area contributed by atoms with E-state index in [2.05, 4.69) is 53.6 Å². The highest BCUT2D eigenvalue weighted by Crippen LogP contribution is 2.20. The lowest BCUT2D eigenvalue weighted by atomic mass is 10.6. The largest absolute Gasteiger partial charge is 0.232 e. The molecule has 2 heterocycles. The molecule has 0 aliphatic heterocycles. The Bertz CT molecular complexity index is 472. The minimum atomic E-state index is -0.597. The number of rotatable bonds is 1. The van der Waals surface area contributed by atoms with E-state index in [9.17, 15) is 4.39 Å². The van der Waals surface area contributed by atoms with Crippen molar-refractivity contribution in [3.05, 3.63) is 32.7 Å². The van der Waals surface area contributed by atoms with Crippen LogP contribution in [0.3, 0.4) is 0 Å². The van der Waals surface area contributed by atoms with E-state index in [1.807, 2.05) is 0 Å². The van der Waals surface area contributed by atoms with Gasteiger partial charge in [0.2, 0.25) is 5.95 Å².